The predicted octanol–water partition coefficient (Wildman–Crippen LogP) is -2.53. The van der Waals surface area contributed by atoms with Gasteiger partial charge in [0, 0.05) is 5.82 Å². The van der Waals surface area contributed by atoms with Crippen molar-refractivity contribution >= 4 is 5.82 Å². The van der Waals surface area contributed by atoms with Crippen LogP contribution < -0.4 is 24.6 Å². The summed E-state index contributed by atoms with van der Waals surface area (Å²) in [4.78, 5) is 3.70. The van der Waals surface area contributed by atoms with Gasteiger partial charge >= 0.3 is 18.9 Å². The van der Waals surface area contributed by atoms with Gasteiger partial charge in [-0.2, -0.15) is 6.07 Å². The van der Waals surface area contributed by atoms with Crippen LogP contribution in [-0.4, -0.2) is 4.98 Å². The van der Waals surface area contributed by atoms with Crippen molar-refractivity contribution in [3.8, 4) is 0 Å². The first kappa shape index (κ1) is 7.55. The summed E-state index contributed by atoms with van der Waals surface area (Å²) in [7, 11) is 0. The van der Waals surface area contributed by atoms with Gasteiger partial charge in [-0.25, -0.2) is 12.1 Å². The van der Waals surface area contributed by atoms with Crippen LogP contribution in [0.25, 0.3) is 0 Å². The summed E-state index contributed by atoms with van der Waals surface area (Å²) in [5, 5.41) is 0. The van der Waals surface area contributed by atoms with Crippen molar-refractivity contribution in [3.05, 3.63) is 24.4 Å². The molecule has 8 heavy (non-hydrogen) atoms. The summed E-state index contributed by atoms with van der Waals surface area (Å²) in [5.41, 5.74) is 5.23. The molecule has 36 valence electrons. The Bertz CT molecular complexity index is 140. The van der Waals surface area contributed by atoms with Gasteiger partial charge in [-0.3, -0.25) is 4.98 Å². The molecule has 1 heterocycles. The fourth-order valence-corrected chi connectivity index (χ4v) is 0.331. The van der Waals surface area contributed by atoms with Gasteiger partial charge in [-0.1, -0.05) is 6.20 Å². The summed E-state index contributed by atoms with van der Waals surface area (Å²) < 4.78 is 0. The van der Waals surface area contributed by atoms with Crippen LogP contribution in [0, 0.1) is 6.07 Å². The van der Waals surface area contributed by atoms with Crippen LogP contribution in [0.1, 0.15) is 0 Å². The molecule has 0 aliphatic rings. The van der Waals surface area contributed by atoms with Gasteiger partial charge in [0.2, 0.25) is 0 Å². The molecule has 0 radical (unpaired) electrons. The SMILES string of the molecule is Nc1cc[c-]cn1.[Li+]. The van der Waals surface area contributed by atoms with Crippen molar-refractivity contribution in [2.45, 2.75) is 0 Å². The predicted molar refractivity (Wildman–Crippen MR) is 27.5 cm³/mol. The number of hydrogen-bond donors (Lipinski definition) is 1. The molecule has 2 N–H and O–H groups in total. The number of rotatable bonds is 0. The van der Waals surface area contributed by atoms with Crippen LogP contribution in [-0.2, 0) is 0 Å². The molecule has 0 unspecified atom stereocenters. The zero-order chi connectivity index (χ0) is 5.11. The molecule has 0 amide bonds. The first-order valence-corrected chi connectivity index (χ1v) is 1.97. The number of aromatic nitrogens is 1. The van der Waals surface area contributed by atoms with Gasteiger partial charge in [-0.15, -0.1) is 0 Å². The Morgan fingerprint density at radius 2 is 2.38 bits per heavy atom. The third-order valence-corrected chi connectivity index (χ3v) is 0.638. The second-order valence-electron chi connectivity index (χ2n) is 1.18. The molecule has 0 atom stereocenters. The van der Waals surface area contributed by atoms with Crippen LogP contribution >= 0.6 is 0 Å². The molecule has 0 saturated carbocycles. The smallest absolute Gasteiger partial charge is 0.399 e. The van der Waals surface area contributed by atoms with Crippen molar-refractivity contribution in [1.82, 2.24) is 4.98 Å². The molecule has 0 spiro atoms. The van der Waals surface area contributed by atoms with E-state index >= 15 is 0 Å². The third-order valence-electron chi connectivity index (χ3n) is 0.638. The van der Waals surface area contributed by atoms with E-state index in [2.05, 4.69) is 11.1 Å². The van der Waals surface area contributed by atoms with Gasteiger partial charge in [0.25, 0.3) is 0 Å². The molecule has 3 heteroatoms. The monoisotopic (exact) mass is 100 g/mol. The quantitative estimate of drug-likeness (QED) is 0.288. The number of nitrogens with two attached hydrogens (primary N) is 1. The summed E-state index contributed by atoms with van der Waals surface area (Å²) in [6, 6.07) is 6.16. The topological polar surface area (TPSA) is 38.9 Å². The van der Waals surface area contributed by atoms with Crippen LogP contribution in [0.4, 0.5) is 5.82 Å². The Hall–Kier alpha value is -0.453. The summed E-state index contributed by atoms with van der Waals surface area (Å²) in [6.07, 6.45) is 1.54. The molecular formula is C5H5LiN2. The second kappa shape index (κ2) is 3.54. The van der Waals surface area contributed by atoms with Gasteiger partial charge in [-0.05, 0) is 0 Å². The minimum absolute atomic E-state index is 0. The number of nitrogens with zero attached hydrogens (tertiary/aromatic N) is 1. The molecule has 0 saturated heterocycles. The van der Waals surface area contributed by atoms with E-state index in [1.165, 1.54) is 6.20 Å². The van der Waals surface area contributed by atoms with Crippen LogP contribution in [0.3, 0.4) is 0 Å². The Kier molecular flexibility index (Phi) is 3.34. The van der Waals surface area contributed by atoms with E-state index in [0.717, 1.165) is 0 Å². The maximum absolute atomic E-state index is 5.23. The summed E-state index contributed by atoms with van der Waals surface area (Å²) in [5.74, 6) is 0.541. The van der Waals surface area contributed by atoms with Crippen LogP contribution in [0.2, 0.25) is 0 Å². The summed E-state index contributed by atoms with van der Waals surface area (Å²) in [6.45, 7) is 0. The number of anilines is 1. The normalized spacial score (nSPS) is 7.50. The maximum atomic E-state index is 5.23. The zero-order valence-corrected chi connectivity index (χ0v) is 4.76. The molecule has 2 nitrogen and oxygen atoms in total. The standard InChI is InChI=1S/C5H5N2.Li/c6-5-3-1-2-4-7-5;/h1,3-4H,(H2,6,7);/q-1;+1. The minimum atomic E-state index is 0. The van der Waals surface area contributed by atoms with Crippen molar-refractivity contribution in [2.75, 3.05) is 5.73 Å². The molecule has 1 aromatic heterocycles. The van der Waals surface area contributed by atoms with Gasteiger partial charge < -0.3 is 5.73 Å². The number of hydrogen-bond acceptors (Lipinski definition) is 2. The molecule has 0 aliphatic carbocycles. The molecular weight excluding hydrogens is 95.0 g/mol. The van der Waals surface area contributed by atoms with Crippen molar-refractivity contribution in [3.63, 3.8) is 0 Å². The number of nitrogen functional groups attached to an aromatic ring is 1. The average molecular weight is 100 g/mol. The van der Waals surface area contributed by atoms with Gasteiger partial charge in [0.05, 0.1) is 0 Å². The van der Waals surface area contributed by atoms with E-state index in [4.69, 9.17) is 5.73 Å². The molecule has 0 aliphatic heterocycles. The first-order chi connectivity index (χ1) is 3.39. The molecule has 0 aromatic carbocycles. The van der Waals surface area contributed by atoms with E-state index in [-0.39, 0.29) is 18.9 Å². The van der Waals surface area contributed by atoms with E-state index in [9.17, 15) is 0 Å². The Morgan fingerprint density at radius 3 is 2.62 bits per heavy atom. The number of pyridine rings is 1. The average Bonchev–Trinajstić information content (AvgIpc) is 1.69. The minimum Gasteiger partial charge on any atom is -0.399 e. The molecule has 0 fully saturated rings. The molecule has 0 bridgehead atoms. The van der Waals surface area contributed by atoms with Gasteiger partial charge in [0.1, 0.15) is 0 Å². The van der Waals surface area contributed by atoms with Crippen molar-refractivity contribution in [2.24, 2.45) is 0 Å². The molecule has 1 rings (SSSR count). The van der Waals surface area contributed by atoms with Crippen molar-refractivity contribution in [1.29, 1.82) is 0 Å². The maximum Gasteiger partial charge on any atom is 1.00 e. The largest absolute Gasteiger partial charge is 1.00 e. The van der Waals surface area contributed by atoms with E-state index in [1.54, 1.807) is 12.1 Å². The van der Waals surface area contributed by atoms with Gasteiger partial charge in [0.15, 0.2) is 0 Å². The Morgan fingerprint density at radius 1 is 1.62 bits per heavy atom. The van der Waals surface area contributed by atoms with E-state index in [1.807, 2.05) is 0 Å². The fourth-order valence-electron chi connectivity index (χ4n) is 0.331. The van der Waals surface area contributed by atoms with Crippen LogP contribution in [0.15, 0.2) is 18.3 Å². The summed E-state index contributed by atoms with van der Waals surface area (Å²) >= 11 is 0. The van der Waals surface area contributed by atoms with Crippen LogP contribution in [0.5, 0.6) is 0 Å². The first-order valence-electron chi connectivity index (χ1n) is 1.97. The second-order valence-corrected chi connectivity index (χ2v) is 1.18. The molecule has 1 aromatic rings. The zero-order valence-electron chi connectivity index (χ0n) is 4.76. The fraction of sp³-hybridized carbons (Fsp3) is 0. The third kappa shape index (κ3) is 2.01. The van der Waals surface area contributed by atoms with E-state index < -0.39 is 0 Å². The van der Waals surface area contributed by atoms with Crippen molar-refractivity contribution < 1.29 is 18.9 Å². The Labute approximate surface area is 60.3 Å². The Balaban J connectivity index is 0.000000490. The van der Waals surface area contributed by atoms with E-state index in [0.29, 0.717) is 5.82 Å².